The van der Waals surface area contributed by atoms with Crippen LogP contribution < -0.4 is 11.0 Å². The zero-order valence-corrected chi connectivity index (χ0v) is 14.8. The first-order valence-corrected chi connectivity index (χ1v) is 8.40. The van der Waals surface area contributed by atoms with Crippen molar-refractivity contribution in [2.45, 2.75) is 20.4 Å². The summed E-state index contributed by atoms with van der Waals surface area (Å²) >= 11 is 0. The van der Waals surface area contributed by atoms with E-state index in [9.17, 15) is 9.18 Å². The van der Waals surface area contributed by atoms with E-state index in [1.807, 2.05) is 12.1 Å². The first-order valence-electron chi connectivity index (χ1n) is 8.40. The number of rotatable bonds is 4. The van der Waals surface area contributed by atoms with Gasteiger partial charge in [0.2, 0.25) is 0 Å². The maximum absolute atomic E-state index is 13.8. The van der Waals surface area contributed by atoms with Crippen molar-refractivity contribution >= 4 is 17.3 Å². The molecular weight excluding hydrogens is 347 g/mol. The fourth-order valence-electron chi connectivity index (χ4n) is 2.83. The van der Waals surface area contributed by atoms with Crippen molar-refractivity contribution in [3.05, 3.63) is 81.9 Å². The molecule has 0 fully saturated rings. The number of hydrogen-bond donors (Lipinski definition) is 1. The normalized spacial score (nSPS) is 11.1. The molecule has 136 valence electrons. The lowest BCUT2D eigenvalue weighted by Gasteiger charge is -2.08. The minimum atomic E-state index is -0.296. The Bertz CT molecular complexity index is 1180. The van der Waals surface area contributed by atoms with Gasteiger partial charge in [-0.1, -0.05) is 6.07 Å². The van der Waals surface area contributed by atoms with Gasteiger partial charge >= 0.3 is 5.69 Å². The highest BCUT2D eigenvalue weighted by Crippen LogP contribution is 2.19. The number of aromatic nitrogens is 5. The van der Waals surface area contributed by atoms with Crippen molar-refractivity contribution in [2.24, 2.45) is 0 Å². The van der Waals surface area contributed by atoms with Crippen LogP contribution in [-0.2, 0) is 6.54 Å². The summed E-state index contributed by atoms with van der Waals surface area (Å²) < 4.78 is 16.6. The summed E-state index contributed by atoms with van der Waals surface area (Å²) in [6.45, 7) is 3.83. The Hall–Kier alpha value is -3.55. The second-order valence-electron chi connectivity index (χ2n) is 6.30. The summed E-state index contributed by atoms with van der Waals surface area (Å²) in [5.41, 5.74) is 2.48. The molecule has 0 bridgehead atoms. The highest BCUT2D eigenvalue weighted by Gasteiger charge is 2.12. The van der Waals surface area contributed by atoms with Crippen molar-refractivity contribution in [3.63, 3.8) is 0 Å². The van der Waals surface area contributed by atoms with Gasteiger partial charge in [-0.25, -0.2) is 18.3 Å². The third kappa shape index (κ3) is 3.29. The van der Waals surface area contributed by atoms with Gasteiger partial charge in [0, 0.05) is 29.8 Å². The van der Waals surface area contributed by atoms with E-state index in [0.717, 1.165) is 5.56 Å². The molecule has 1 aromatic carbocycles. The standard InChI is InChI=1S/C19H17FN6O/c1-12-3-4-15(10-16(12)20)22-17-9-13(2)26-18(23-17)24-25(19(26)27)11-14-5-7-21-8-6-14/h3-10H,11H2,1-2H3,(H,22,23,24). The van der Waals surface area contributed by atoms with Crippen LogP contribution in [0.3, 0.4) is 0 Å². The molecule has 0 unspecified atom stereocenters. The number of hydrogen-bond acceptors (Lipinski definition) is 5. The average Bonchev–Trinajstić information content (AvgIpc) is 2.95. The van der Waals surface area contributed by atoms with Crippen LogP contribution in [-0.4, -0.2) is 24.1 Å². The third-order valence-electron chi connectivity index (χ3n) is 4.27. The molecule has 3 heterocycles. The van der Waals surface area contributed by atoms with Crippen LogP contribution in [0.15, 0.2) is 53.6 Å². The van der Waals surface area contributed by atoms with Gasteiger partial charge in [0.15, 0.2) is 0 Å². The SMILES string of the molecule is Cc1ccc(Nc2cc(C)n3c(=O)n(Cc4ccncc4)nc3n2)cc1F. The maximum Gasteiger partial charge on any atom is 0.352 e. The van der Waals surface area contributed by atoms with E-state index in [-0.39, 0.29) is 17.3 Å². The van der Waals surface area contributed by atoms with E-state index < -0.39 is 0 Å². The third-order valence-corrected chi connectivity index (χ3v) is 4.27. The van der Waals surface area contributed by atoms with Gasteiger partial charge in [0.1, 0.15) is 11.6 Å². The molecule has 0 saturated heterocycles. The first kappa shape index (κ1) is 16.9. The molecule has 0 spiro atoms. The summed E-state index contributed by atoms with van der Waals surface area (Å²) in [6, 6.07) is 10.3. The topological polar surface area (TPSA) is 77.1 Å². The fourth-order valence-corrected chi connectivity index (χ4v) is 2.83. The van der Waals surface area contributed by atoms with Gasteiger partial charge in [-0.3, -0.25) is 4.98 Å². The molecule has 0 amide bonds. The van der Waals surface area contributed by atoms with Crippen molar-refractivity contribution in [1.29, 1.82) is 0 Å². The Morgan fingerprint density at radius 3 is 2.63 bits per heavy atom. The Labute approximate surface area is 154 Å². The number of benzene rings is 1. The molecule has 0 radical (unpaired) electrons. The smallest absolute Gasteiger partial charge is 0.340 e. The van der Waals surface area contributed by atoms with E-state index in [1.54, 1.807) is 44.4 Å². The van der Waals surface area contributed by atoms with Crippen LogP contribution in [0, 0.1) is 19.7 Å². The predicted molar refractivity (Wildman–Crippen MR) is 99.7 cm³/mol. The number of halogens is 1. The van der Waals surface area contributed by atoms with Crippen molar-refractivity contribution in [2.75, 3.05) is 5.32 Å². The number of anilines is 2. The largest absolute Gasteiger partial charge is 0.352 e. The maximum atomic E-state index is 13.8. The van der Waals surface area contributed by atoms with Gasteiger partial charge in [-0.15, -0.1) is 5.10 Å². The lowest BCUT2D eigenvalue weighted by molar-refractivity contribution is 0.619. The molecule has 8 heteroatoms. The van der Waals surface area contributed by atoms with Gasteiger partial charge in [0.05, 0.1) is 6.54 Å². The number of pyridine rings is 1. The van der Waals surface area contributed by atoms with E-state index in [4.69, 9.17) is 0 Å². The summed E-state index contributed by atoms with van der Waals surface area (Å²) in [5, 5.41) is 7.38. The van der Waals surface area contributed by atoms with Gasteiger partial charge in [0.25, 0.3) is 5.78 Å². The minimum absolute atomic E-state index is 0.264. The van der Waals surface area contributed by atoms with E-state index >= 15 is 0 Å². The summed E-state index contributed by atoms with van der Waals surface area (Å²) in [6.07, 6.45) is 3.34. The van der Waals surface area contributed by atoms with E-state index in [0.29, 0.717) is 29.3 Å². The summed E-state index contributed by atoms with van der Waals surface area (Å²) in [7, 11) is 0. The average molecular weight is 364 g/mol. The molecule has 0 saturated carbocycles. The van der Waals surface area contributed by atoms with Crippen molar-refractivity contribution < 1.29 is 4.39 Å². The van der Waals surface area contributed by atoms with Crippen LogP contribution in [0.5, 0.6) is 0 Å². The van der Waals surface area contributed by atoms with Crippen molar-refractivity contribution in [1.82, 2.24) is 24.1 Å². The number of aryl methyl sites for hydroxylation is 2. The lowest BCUT2D eigenvalue weighted by Crippen LogP contribution is -2.22. The highest BCUT2D eigenvalue weighted by molar-refractivity contribution is 5.58. The molecule has 3 aromatic heterocycles. The monoisotopic (exact) mass is 364 g/mol. The molecule has 0 atom stereocenters. The van der Waals surface area contributed by atoms with Crippen LogP contribution in [0.1, 0.15) is 16.8 Å². The zero-order valence-electron chi connectivity index (χ0n) is 14.8. The molecule has 1 N–H and O–H groups in total. The first-order chi connectivity index (χ1) is 13.0. The van der Waals surface area contributed by atoms with Crippen LogP contribution in [0.25, 0.3) is 5.78 Å². The second kappa shape index (κ2) is 6.64. The Morgan fingerprint density at radius 2 is 1.89 bits per heavy atom. The molecule has 0 aliphatic rings. The van der Waals surface area contributed by atoms with Crippen LogP contribution in [0.4, 0.5) is 15.9 Å². The Kier molecular flexibility index (Phi) is 4.15. The summed E-state index contributed by atoms with van der Waals surface area (Å²) in [4.78, 5) is 21.0. The van der Waals surface area contributed by atoms with Gasteiger partial charge in [-0.05, 0) is 49.2 Å². The number of nitrogens with zero attached hydrogens (tertiary/aromatic N) is 5. The minimum Gasteiger partial charge on any atom is -0.340 e. The molecule has 0 aliphatic heterocycles. The lowest BCUT2D eigenvalue weighted by atomic mass is 10.2. The van der Waals surface area contributed by atoms with Crippen LogP contribution in [0.2, 0.25) is 0 Å². The molecule has 27 heavy (non-hydrogen) atoms. The molecule has 4 aromatic rings. The highest BCUT2D eigenvalue weighted by atomic mass is 19.1. The number of nitrogens with one attached hydrogen (secondary N) is 1. The summed E-state index contributed by atoms with van der Waals surface area (Å²) in [5.74, 6) is 0.476. The second-order valence-corrected chi connectivity index (χ2v) is 6.30. The Balaban J connectivity index is 1.70. The van der Waals surface area contributed by atoms with E-state index in [1.165, 1.54) is 15.1 Å². The molecule has 4 rings (SSSR count). The zero-order chi connectivity index (χ0) is 19.0. The Morgan fingerprint density at radius 1 is 1.11 bits per heavy atom. The fraction of sp³-hybridized carbons (Fsp3) is 0.158. The molecule has 0 aliphatic carbocycles. The van der Waals surface area contributed by atoms with Gasteiger partial charge < -0.3 is 5.32 Å². The van der Waals surface area contributed by atoms with E-state index in [2.05, 4.69) is 20.4 Å². The quantitative estimate of drug-likeness (QED) is 0.603. The molecular formula is C19H17FN6O. The number of fused-ring (bicyclic) bond motifs is 1. The molecule has 7 nitrogen and oxygen atoms in total. The van der Waals surface area contributed by atoms with Crippen LogP contribution >= 0.6 is 0 Å². The predicted octanol–water partition coefficient (Wildman–Crippen LogP) is 2.83. The van der Waals surface area contributed by atoms with Gasteiger partial charge in [-0.2, -0.15) is 4.98 Å². The van der Waals surface area contributed by atoms with Crippen molar-refractivity contribution in [3.8, 4) is 0 Å².